The zero-order chi connectivity index (χ0) is 23.4. The van der Waals surface area contributed by atoms with E-state index >= 15 is 0 Å². The number of nitrogens with one attached hydrogen (secondary N) is 2. The van der Waals surface area contributed by atoms with Crippen molar-refractivity contribution in [2.75, 3.05) is 46.9 Å². The van der Waals surface area contributed by atoms with Gasteiger partial charge in [-0.2, -0.15) is 0 Å². The Bertz CT molecular complexity index is 1040. The third-order valence-electron chi connectivity index (χ3n) is 5.78. The van der Waals surface area contributed by atoms with Gasteiger partial charge in [0.25, 0.3) is 5.91 Å². The van der Waals surface area contributed by atoms with Gasteiger partial charge >= 0.3 is 12.0 Å². The Balaban J connectivity index is 1.52. The third-order valence-corrected chi connectivity index (χ3v) is 5.78. The highest BCUT2D eigenvalue weighted by Crippen LogP contribution is 2.29. The highest BCUT2D eigenvalue weighted by atomic mass is 16.5. The zero-order valence-corrected chi connectivity index (χ0v) is 18.5. The van der Waals surface area contributed by atoms with Crippen LogP contribution < -0.4 is 15.4 Å². The molecule has 3 heterocycles. The van der Waals surface area contributed by atoms with Crippen LogP contribution in [0.4, 0.5) is 4.79 Å². The fraction of sp³-hybridized carbons (Fsp3) is 0.348. The highest BCUT2D eigenvalue weighted by Gasteiger charge is 2.34. The number of carbonyl (C=O) groups excluding carboxylic acids is 3. The molecule has 4 rings (SSSR count). The van der Waals surface area contributed by atoms with E-state index < -0.39 is 18.0 Å². The number of urea groups is 1. The molecule has 3 amide bonds. The van der Waals surface area contributed by atoms with Gasteiger partial charge in [0.15, 0.2) is 5.76 Å². The van der Waals surface area contributed by atoms with Crippen LogP contribution in [0, 0.1) is 0 Å². The van der Waals surface area contributed by atoms with Crippen LogP contribution in [0.2, 0.25) is 0 Å². The van der Waals surface area contributed by atoms with Gasteiger partial charge in [0.2, 0.25) is 0 Å². The molecule has 2 N–H and O–H groups in total. The first-order valence-electron chi connectivity index (χ1n) is 10.6. The second-order valence-electron chi connectivity index (χ2n) is 7.73. The molecule has 174 valence electrons. The lowest BCUT2D eigenvalue weighted by molar-refractivity contribution is -0.136. The molecule has 0 unspecified atom stereocenters. The summed E-state index contributed by atoms with van der Waals surface area (Å²) in [5.41, 5.74) is 1.56. The normalized spacial score (nSPS) is 19.0. The summed E-state index contributed by atoms with van der Waals surface area (Å²) in [4.78, 5) is 41.5. The van der Waals surface area contributed by atoms with Gasteiger partial charge in [-0.1, -0.05) is 12.1 Å². The van der Waals surface area contributed by atoms with E-state index in [0.29, 0.717) is 55.5 Å². The standard InChI is InChI=1S/C23H26N4O6/c1-31-16-7-5-15(6-8-16)20-19(22(29)32-2)17(24-23(30)25-20)14-26-9-11-27(12-10-26)21(28)18-4-3-13-33-18/h3-8,13,20H,9-12,14H2,1-2H3,(H2,24,25,30)/t20-/m0/s1. The molecular formula is C23H26N4O6. The summed E-state index contributed by atoms with van der Waals surface area (Å²) in [7, 11) is 2.88. The van der Waals surface area contributed by atoms with Crippen molar-refractivity contribution in [3.63, 3.8) is 0 Å². The number of hydrogen-bond donors (Lipinski definition) is 2. The lowest BCUT2D eigenvalue weighted by Gasteiger charge is -2.36. The van der Waals surface area contributed by atoms with Crippen LogP contribution in [0.15, 0.2) is 58.3 Å². The Morgan fingerprint density at radius 2 is 1.82 bits per heavy atom. The van der Waals surface area contributed by atoms with Gasteiger partial charge in [0.1, 0.15) is 5.75 Å². The van der Waals surface area contributed by atoms with Crippen molar-refractivity contribution in [1.82, 2.24) is 20.4 Å². The molecule has 1 atom stereocenters. The molecule has 33 heavy (non-hydrogen) atoms. The van der Waals surface area contributed by atoms with E-state index in [1.807, 2.05) is 0 Å². The van der Waals surface area contributed by atoms with E-state index in [9.17, 15) is 14.4 Å². The van der Waals surface area contributed by atoms with E-state index in [1.54, 1.807) is 48.4 Å². The first-order valence-corrected chi connectivity index (χ1v) is 10.6. The third kappa shape index (κ3) is 4.85. The first-order chi connectivity index (χ1) is 16.0. The maximum absolute atomic E-state index is 12.7. The number of benzene rings is 1. The number of ether oxygens (including phenoxy) is 2. The van der Waals surface area contributed by atoms with Crippen LogP contribution in [0.1, 0.15) is 22.2 Å². The van der Waals surface area contributed by atoms with Crippen molar-refractivity contribution in [2.45, 2.75) is 6.04 Å². The molecule has 10 nitrogen and oxygen atoms in total. The van der Waals surface area contributed by atoms with Crippen molar-refractivity contribution in [2.24, 2.45) is 0 Å². The summed E-state index contributed by atoms with van der Waals surface area (Å²) in [6.45, 7) is 2.53. The van der Waals surface area contributed by atoms with Gasteiger partial charge in [-0.05, 0) is 29.8 Å². The summed E-state index contributed by atoms with van der Waals surface area (Å²) in [6.07, 6.45) is 1.48. The molecule has 2 aliphatic rings. The van der Waals surface area contributed by atoms with Crippen molar-refractivity contribution in [3.05, 3.63) is 65.3 Å². The molecule has 0 aliphatic carbocycles. The number of esters is 1. The maximum atomic E-state index is 12.7. The fourth-order valence-corrected chi connectivity index (χ4v) is 4.03. The minimum Gasteiger partial charge on any atom is -0.497 e. The van der Waals surface area contributed by atoms with Crippen LogP contribution in [0.25, 0.3) is 0 Å². The molecule has 1 fully saturated rings. The summed E-state index contributed by atoms with van der Waals surface area (Å²) in [5.74, 6) is 0.311. The smallest absolute Gasteiger partial charge is 0.338 e. The maximum Gasteiger partial charge on any atom is 0.338 e. The predicted octanol–water partition coefficient (Wildman–Crippen LogP) is 1.53. The van der Waals surface area contributed by atoms with Crippen LogP contribution in [-0.4, -0.2) is 74.7 Å². The van der Waals surface area contributed by atoms with Gasteiger partial charge in [0.05, 0.1) is 32.1 Å². The Morgan fingerprint density at radius 3 is 2.42 bits per heavy atom. The van der Waals surface area contributed by atoms with E-state index in [4.69, 9.17) is 13.9 Å². The first kappa shape index (κ1) is 22.4. The van der Waals surface area contributed by atoms with E-state index in [0.717, 1.165) is 5.56 Å². The van der Waals surface area contributed by atoms with Crippen molar-refractivity contribution >= 4 is 17.9 Å². The fourth-order valence-electron chi connectivity index (χ4n) is 4.03. The molecule has 1 aromatic heterocycles. The topological polar surface area (TPSA) is 113 Å². The van der Waals surface area contributed by atoms with Gasteiger partial charge < -0.3 is 29.4 Å². The van der Waals surface area contributed by atoms with E-state index in [2.05, 4.69) is 15.5 Å². The van der Waals surface area contributed by atoms with Crippen LogP contribution in [0.5, 0.6) is 5.75 Å². The number of piperazine rings is 1. The van der Waals surface area contributed by atoms with Crippen molar-refractivity contribution in [3.8, 4) is 5.75 Å². The molecule has 0 radical (unpaired) electrons. The summed E-state index contributed by atoms with van der Waals surface area (Å²) >= 11 is 0. The van der Waals surface area contributed by atoms with Crippen LogP contribution in [0.3, 0.4) is 0 Å². The molecule has 1 saturated heterocycles. The number of amides is 3. The zero-order valence-electron chi connectivity index (χ0n) is 18.5. The number of hydrogen-bond acceptors (Lipinski definition) is 7. The number of furan rings is 1. The molecule has 0 saturated carbocycles. The second kappa shape index (κ2) is 9.78. The van der Waals surface area contributed by atoms with Crippen molar-refractivity contribution in [1.29, 1.82) is 0 Å². The second-order valence-corrected chi connectivity index (χ2v) is 7.73. The number of rotatable bonds is 6. The largest absolute Gasteiger partial charge is 0.497 e. The number of nitrogens with zero attached hydrogens (tertiary/aromatic N) is 2. The molecule has 2 aromatic rings. The minimum atomic E-state index is -0.658. The number of methoxy groups -OCH3 is 2. The highest BCUT2D eigenvalue weighted by molar-refractivity contribution is 5.95. The molecule has 2 aliphatic heterocycles. The summed E-state index contributed by atoms with van der Waals surface area (Å²) < 4.78 is 15.4. The van der Waals surface area contributed by atoms with Gasteiger partial charge in [-0.3, -0.25) is 9.69 Å². The van der Waals surface area contributed by atoms with E-state index in [-0.39, 0.29) is 5.91 Å². The molecule has 10 heteroatoms. The quantitative estimate of drug-likeness (QED) is 0.637. The average Bonchev–Trinajstić information content (AvgIpc) is 3.38. The lowest BCUT2D eigenvalue weighted by atomic mass is 9.95. The molecular weight excluding hydrogens is 428 g/mol. The Morgan fingerprint density at radius 1 is 1.09 bits per heavy atom. The SMILES string of the molecule is COC(=O)C1=C(CN2CCN(C(=O)c3ccco3)CC2)NC(=O)N[C@H]1c1ccc(OC)cc1. The number of carbonyl (C=O) groups is 3. The molecule has 0 spiro atoms. The van der Waals surface area contributed by atoms with Crippen LogP contribution in [-0.2, 0) is 9.53 Å². The monoisotopic (exact) mass is 454 g/mol. The summed E-state index contributed by atoms with van der Waals surface area (Å²) in [6, 6.07) is 9.42. The Hall–Kier alpha value is -3.79. The van der Waals surface area contributed by atoms with Crippen LogP contribution >= 0.6 is 0 Å². The predicted molar refractivity (Wildman–Crippen MR) is 117 cm³/mol. The molecule has 1 aromatic carbocycles. The summed E-state index contributed by atoms with van der Waals surface area (Å²) in [5, 5.41) is 5.58. The lowest BCUT2D eigenvalue weighted by Crippen LogP contribution is -2.52. The molecule has 0 bridgehead atoms. The van der Waals surface area contributed by atoms with Gasteiger partial charge in [-0.25, -0.2) is 9.59 Å². The van der Waals surface area contributed by atoms with Gasteiger partial charge in [-0.15, -0.1) is 0 Å². The average molecular weight is 454 g/mol. The van der Waals surface area contributed by atoms with Crippen molar-refractivity contribution < 1.29 is 28.3 Å². The Kier molecular flexibility index (Phi) is 6.64. The van der Waals surface area contributed by atoms with E-state index in [1.165, 1.54) is 13.4 Å². The van der Waals surface area contributed by atoms with Gasteiger partial charge in [0, 0.05) is 38.4 Å². The minimum absolute atomic E-state index is 0.149. The Labute approximate surface area is 191 Å².